The maximum Gasteiger partial charge on any atom is 0.188 e. The standard InChI is InChI=1S/C15H15ClO4/c1-18-10-20-13-4-2-3-11(7-13)9-19-15-8-12(16)5-6-14(15)17/h2-8,17H,9-10H2,1H3. The van der Waals surface area contributed by atoms with Gasteiger partial charge in [-0.2, -0.15) is 0 Å². The Balaban J connectivity index is 2.01. The van der Waals surface area contributed by atoms with Gasteiger partial charge in [-0.1, -0.05) is 23.7 Å². The molecule has 0 amide bonds. The second-order valence-electron chi connectivity index (χ2n) is 4.10. The van der Waals surface area contributed by atoms with E-state index in [1.54, 1.807) is 19.2 Å². The average molecular weight is 295 g/mol. The molecule has 0 bridgehead atoms. The number of phenols is 1. The lowest BCUT2D eigenvalue weighted by Gasteiger charge is -2.10. The Bertz CT molecular complexity index is 572. The summed E-state index contributed by atoms with van der Waals surface area (Å²) in [5, 5.41) is 10.2. The molecule has 2 aromatic carbocycles. The van der Waals surface area contributed by atoms with Crippen LogP contribution >= 0.6 is 11.6 Å². The highest BCUT2D eigenvalue weighted by Gasteiger charge is 2.04. The topological polar surface area (TPSA) is 47.9 Å². The number of phenolic OH excluding ortho intramolecular Hbond substituents is 1. The van der Waals surface area contributed by atoms with E-state index in [0.29, 0.717) is 23.1 Å². The Kier molecular flexibility index (Phi) is 5.09. The maximum atomic E-state index is 9.66. The van der Waals surface area contributed by atoms with Gasteiger partial charge in [-0.15, -0.1) is 0 Å². The quantitative estimate of drug-likeness (QED) is 0.827. The summed E-state index contributed by atoms with van der Waals surface area (Å²) in [4.78, 5) is 0. The van der Waals surface area contributed by atoms with Gasteiger partial charge in [0.2, 0.25) is 0 Å². The van der Waals surface area contributed by atoms with Crippen LogP contribution in [0.2, 0.25) is 5.02 Å². The molecule has 0 saturated carbocycles. The molecule has 0 spiro atoms. The first-order chi connectivity index (χ1) is 9.69. The molecule has 0 fully saturated rings. The summed E-state index contributed by atoms with van der Waals surface area (Å²) in [6.45, 7) is 0.497. The second kappa shape index (κ2) is 7.03. The van der Waals surface area contributed by atoms with Crippen LogP contribution in [0.5, 0.6) is 17.2 Å². The molecule has 0 atom stereocenters. The number of ether oxygens (including phenoxy) is 3. The molecule has 0 radical (unpaired) electrons. The molecular weight excluding hydrogens is 280 g/mol. The van der Waals surface area contributed by atoms with Crippen LogP contribution in [0.15, 0.2) is 42.5 Å². The zero-order chi connectivity index (χ0) is 14.4. The smallest absolute Gasteiger partial charge is 0.188 e. The largest absolute Gasteiger partial charge is 0.504 e. The minimum atomic E-state index is 0.0567. The molecule has 20 heavy (non-hydrogen) atoms. The van der Waals surface area contributed by atoms with Crippen molar-refractivity contribution in [3.8, 4) is 17.2 Å². The number of benzene rings is 2. The van der Waals surface area contributed by atoms with Gasteiger partial charge in [0.05, 0.1) is 0 Å². The van der Waals surface area contributed by atoms with Gasteiger partial charge in [-0.05, 0) is 29.8 Å². The third-order valence-electron chi connectivity index (χ3n) is 2.56. The van der Waals surface area contributed by atoms with Gasteiger partial charge in [0.1, 0.15) is 12.4 Å². The fourth-order valence-corrected chi connectivity index (χ4v) is 1.78. The summed E-state index contributed by atoms with van der Waals surface area (Å²) in [7, 11) is 1.56. The summed E-state index contributed by atoms with van der Waals surface area (Å²) >= 11 is 5.86. The van der Waals surface area contributed by atoms with Gasteiger partial charge in [-0.25, -0.2) is 0 Å². The highest BCUT2D eigenvalue weighted by Crippen LogP contribution is 2.29. The zero-order valence-corrected chi connectivity index (χ0v) is 11.8. The molecule has 4 nitrogen and oxygen atoms in total. The van der Waals surface area contributed by atoms with Crippen LogP contribution in [0, 0.1) is 0 Å². The SMILES string of the molecule is COCOc1cccc(COc2cc(Cl)ccc2O)c1. The number of rotatable bonds is 6. The van der Waals surface area contributed by atoms with E-state index in [0.717, 1.165) is 5.56 Å². The Hall–Kier alpha value is -1.91. The van der Waals surface area contributed by atoms with Crippen molar-refractivity contribution in [1.29, 1.82) is 0 Å². The summed E-state index contributed by atoms with van der Waals surface area (Å²) in [5.41, 5.74) is 0.915. The van der Waals surface area contributed by atoms with Crippen molar-refractivity contribution in [1.82, 2.24) is 0 Å². The van der Waals surface area contributed by atoms with Crippen LogP contribution in [0.4, 0.5) is 0 Å². The molecule has 5 heteroatoms. The van der Waals surface area contributed by atoms with E-state index >= 15 is 0 Å². The molecule has 0 unspecified atom stereocenters. The molecule has 0 aliphatic carbocycles. The van der Waals surface area contributed by atoms with Crippen molar-refractivity contribution in [2.24, 2.45) is 0 Å². The van der Waals surface area contributed by atoms with E-state index in [-0.39, 0.29) is 12.5 Å². The first kappa shape index (κ1) is 14.5. The third-order valence-corrected chi connectivity index (χ3v) is 2.79. The monoisotopic (exact) mass is 294 g/mol. The number of hydrogen-bond donors (Lipinski definition) is 1. The van der Waals surface area contributed by atoms with Crippen LogP contribution in [0.25, 0.3) is 0 Å². The number of methoxy groups -OCH3 is 1. The van der Waals surface area contributed by atoms with Crippen LogP contribution < -0.4 is 9.47 Å². The number of aromatic hydroxyl groups is 1. The van der Waals surface area contributed by atoms with E-state index < -0.39 is 0 Å². The molecule has 0 heterocycles. The van der Waals surface area contributed by atoms with Crippen molar-refractivity contribution < 1.29 is 19.3 Å². The maximum absolute atomic E-state index is 9.66. The van der Waals surface area contributed by atoms with Crippen molar-refractivity contribution in [2.45, 2.75) is 6.61 Å². The van der Waals surface area contributed by atoms with Crippen LogP contribution in [0.3, 0.4) is 0 Å². The summed E-state index contributed by atoms with van der Waals surface area (Å²) in [6, 6.07) is 12.1. The number of hydrogen-bond acceptors (Lipinski definition) is 4. The van der Waals surface area contributed by atoms with Crippen LogP contribution in [0.1, 0.15) is 5.56 Å². The minimum absolute atomic E-state index is 0.0567. The second-order valence-corrected chi connectivity index (χ2v) is 4.54. The Morgan fingerprint density at radius 2 is 1.95 bits per heavy atom. The Morgan fingerprint density at radius 1 is 1.10 bits per heavy atom. The van der Waals surface area contributed by atoms with Gasteiger partial charge in [0.25, 0.3) is 0 Å². The molecule has 0 aromatic heterocycles. The highest BCUT2D eigenvalue weighted by atomic mass is 35.5. The highest BCUT2D eigenvalue weighted by molar-refractivity contribution is 6.30. The van der Waals surface area contributed by atoms with E-state index in [9.17, 15) is 5.11 Å². The first-order valence-electron chi connectivity index (χ1n) is 6.01. The first-order valence-corrected chi connectivity index (χ1v) is 6.39. The molecule has 1 N–H and O–H groups in total. The summed E-state index contributed by atoms with van der Waals surface area (Å²) in [6.07, 6.45) is 0. The predicted octanol–water partition coefficient (Wildman–Crippen LogP) is 3.61. The predicted molar refractivity (Wildman–Crippen MR) is 76.4 cm³/mol. The number of halogens is 1. The normalized spacial score (nSPS) is 10.3. The molecule has 2 aromatic rings. The van der Waals surface area contributed by atoms with Gasteiger partial charge in [-0.3, -0.25) is 0 Å². The van der Waals surface area contributed by atoms with Gasteiger partial charge >= 0.3 is 0 Å². The van der Waals surface area contributed by atoms with Gasteiger partial charge < -0.3 is 19.3 Å². The molecule has 0 aliphatic heterocycles. The lowest BCUT2D eigenvalue weighted by molar-refractivity contribution is 0.0510. The van der Waals surface area contributed by atoms with E-state index in [1.165, 1.54) is 6.07 Å². The lowest BCUT2D eigenvalue weighted by Crippen LogP contribution is -2.00. The fraction of sp³-hybridized carbons (Fsp3) is 0.200. The molecular formula is C15H15ClO4. The van der Waals surface area contributed by atoms with Crippen molar-refractivity contribution in [3.05, 3.63) is 53.1 Å². The van der Waals surface area contributed by atoms with Crippen molar-refractivity contribution in [2.75, 3.05) is 13.9 Å². The summed E-state index contributed by atoms with van der Waals surface area (Å²) in [5.74, 6) is 1.10. The van der Waals surface area contributed by atoms with Crippen LogP contribution in [-0.2, 0) is 11.3 Å². The molecule has 106 valence electrons. The molecule has 0 aliphatic rings. The Labute approximate surface area is 122 Å². The summed E-state index contributed by atoms with van der Waals surface area (Å²) < 4.78 is 15.7. The van der Waals surface area contributed by atoms with E-state index in [4.69, 9.17) is 25.8 Å². The third kappa shape index (κ3) is 4.05. The van der Waals surface area contributed by atoms with Gasteiger partial charge in [0, 0.05) is 18.2 Å². The van der Waals surface area contributed by atoms with Crippen molar-refractivity contribution in [3.63, 3.8) is 0 Å². The average Bonchev–Trinajstić information content (AvgIpc) is 2.46. The Morgan fingerprint density at radius 3 is 2.75 bits per heavy atom. The van der Waals surface area contributed by atoms with E-state index in [2.05, 4.69) is 0 Å². The molecule has 0 saturated heterocycles. The van der Waals surface area contributed by atoms with Gasteiger partial charge in [0.15, 0.2) is 18.3 Å². The van der Waals surface area contributed by atoms with E-state index in [1.807, 2.05) is 24.3 Å². The minimum Gasteiger partial charge on any atom is -0.504 e. The zero-order valence-electron chi connectivity index (χ0n) is 11.0. The molecule has 2 rings (SSSR count). The van der Waals surface area contributed by atoms with Crippen molar-refractivity contribution >= 4 is 11.6 Å². The lowest BCUT2D eigenvalue weighted by atomic mass is 10.2. The van der Waals surface area contributed by atoms with Crippen LogP contribution in [-0.4, -0.2) is 19.0 Å². The fourth-order valence-electron chi connectivity index (χ4n) is 1.62.